The first-order chi connectivity index (χ1) is 6.85. The van der Waals surface area contributed by atoms with Crippen molar-refractivity contribution in [2.24, 2.45) is 0 Å². The third-order valence-electron chi connectivity index (χ3n) is 2.16. The number of likely N-dealkylation sites (N-methyl/N-ethyl adjacent to an activating group) is 1. The smallest absolute Gasteiger partial charge is 0.181 e. The van der Waals surface area contributed by atoms with Crippen LogP contribution in [0.1, 0.15) is 11.6 Å². The summed E-state index contributed by atoms with van der Waals surface area (Å²) in [5.74, 6) is 0. The van der Waals surface area contributed by atoms with E-state index >= 15 is 0 Å². The molecule has 0 aliphatic rings. The van der Waals surface area contributed by atoms with E-state index in [-0.39, 0.29) is 6.04 Å². The van der Waals surface area contributed by atoms with E-state index in [1.54, 1.807) is 7.05 Å². The third-order valence-corrected chi connectivity index (χ3v) is 2.16. The van der Waals surface area contributed by atoms with Gasteiger partial charge in [-0.3, -0.25) is 0 Å². The fraction of sp³-hybridized carbons (Fsp3) is 0.200. The highest BCUT2D eigenvalue weighted by molar-refractivity contribution is 5.75. The largest absolute Gasteiger partial charge is 0.443 e. The van der Waals surface area contributed by atoms with Gasteiger partial charge >= 0.3 is 0 Å². The van der Waals surface area contributed by atoms with Crippen molar-refractivity contribution in [2.75, 3.05) is 7.05 Å². The van der Waals surface area contributed by atoms with Crippen LogP contribution >= 0.6 is 0 Å². The number of oxazole rings is 1. The molecule has 4 nitrogen and oxygen atoms in total. The van der Waals surface area contributed by atoms with Gasteiger partial charge in [-0.1, -0.05) is 6.07 Å². The lowest BCUT2D eigenvalue weighted by atomic mass is 10.1. The normalized spacial score (nSPS) is 12.9. The number of rotatable bonds is 3. The van der Waals surface area contributed by atoms with Crippen LogP contribution in [0, 0.1) is 0 Å². The molecular weight excluding hydrogens is 180 g/mol. The number of hydrogen-bond acceptors (Lipinski definition) is 4. The van der Waals surface area contributed by atoms with E-state index in [1.807, 2.05) is 18.2 Å². The number of carbonyl (C=O) groups excluding carboxylic acids is 1. The van der Waals surface area contributed by atoms with Crippen LogP contribution in [-0.4, -0.2) is 18.3 Å². The van der Waals surface area contributed by atoms with Crippen LogP contribution in [0.15, 0.2) is 29.0 Å². The lowest BCUT2D eigenvalue weighted by Gasteiger charge is -2.07. The van der Waals surface area contributed by atoms with E-state index in [9.17, 15) is 4.79 Å². The quantitative estimate of drug-likeness (QED) is 0.741. The van der Waals surface area contributed by atoms with E-state index < -0.39 is 0 Å². The predicted molar refractivity (Wildman–Crippen MR) is 51.9 cm³/mol. The standard InChI is InChI=1S/C10H10N2O2/c1-11-9(5-13)7-2-3-8-10(4-7)14-6-12-8/h2-6,9,11H,1H3. The van der Waals surface area contributed by atoms with Crippen molar-refractivity contribution in [3.05, 3.63) is 30.2 Å². The van der Waals surface area contributed by atoms with Gasteiger partial charge in [0.2, 0.25) is 0 Å². The molecule has 72 valence electrons. The molecule has 1 unspecified atom stereocenters. The maximum absolute atomic E-state index is 10.7. The Bertz CT molecular complexity index is 450. The second-order valence-corrected chi connectivity index (χ2v) is 2.98. The Morgan fingerprint density at radius 3 is 3.14 bits per heavy atom. The number of nitrogens with one attached hydrogen (secondary N) is 1. The van der Waals surface area contributed by atoms with Crippen molar-refractivity contribution in [3.63, 3.8) is 0 Å². The van der Waals surface area contributed by atoms with Crippen LogP contribution in [0.3, 0.4) is 0 Å². The van der Waals surface area contributed by atoms with Crippen LogP contribution in [0.4, 0.5) is 0 Å². The van der Waals surface area contributed by atoms with Crippen LogP contribution in [0.2, 0.25) is 0 Å². The van der Waals surface area contributed by atoms with Gasteiger partial charge in [-0.15, -0.1) is 0 Å². The molecule has 0 amide bonds. The highest BCUT2D eigenvalue weighted by Crippen LogP contribution is 2.18. The van der Waals surface area contributed by atoms with Crippen molar-refractivity contribution in [3.8, 4) is 0 Å². The van der Waals surface area contributed by atoms with E-state index in [1.165, 1.54) is 6.39 Å². The summed E-state index contributed by atoms with van der Waals surface area (Å²) in [5.41, 5.74) is 2.38. The van der Waals surface area contributed by atoms with Gasteiger partial charge in [0.05, 0.1) is 6.04 Å². The minimum atomic E-state index is -0.288. The number of hydrogen-bond donors (Lipinski definition) is 1. The number of aromatic nitrogens is 1. The van der Waals surface area contributed by atoms with Gasteiger partial charge in [-0.25, -0.2) is 4.98 Å². The summed E-state index contributed by atoms with van der Waals surface area (Å²) in [4.78, 5) is 14.7. The zero-order valence-corrected chi connectivity index (χ0v) is 7.73. The van der Waals surface area contributed by atoms with Crippen LogP contribution < -0.4 is 5.32 Å². The molecule has 2 rings (SSSR count). The maximum atomic E-state index is 10.7. The number of carbonyl (C=O) groups is 1. The average Bonchev–Trinajstić information content (AvgIpc) is 2.66. The molecule has 0 fully saturated rings. The first-order valence-electron chi connectivity index (χ1n) is 4.31. The molecule has 0 saturated carbocycles. The molecule has 1 aromatic carbocycles. The molecule has 2 aromatic rings. The minimum absolute atomic E-state index is 0.288. The number of benzene rings is 1. The molecule has 0 aliphatic carbocycles. The van der Waals surface area contributed by atoms with Crippen molar-refractivity contribution < 1.29 is 9.21 Å². The molecule has 0 bridgehead atoms. The SMILES string of the molecule is CNC(C=O)c1ccc2ncoc2c1. The zero-order chi connectivity index (χ0) is 9.97. The predicted octanol–water partition coefficient (Wildman–Crippen LogP) is 1.29. The summed E-state index contributed by atoms with van der Waals surface area (Å²) < 4.78 is 5.14. The number of nitrogens with zero attached hydrogens (tertiary/aromatic N) is 1. The van der Waals surface area contributed by atoms with Gasteiger partial charge < -0.3 is 14.5 Å². The molecule has 14 heavy (non-hydrogen) atoms. The summed E-state index contributed by atoms with van der Waals surface area (Å²) in [5, 5.41) is 2.89. The Morgan fingerprint density at radius 2 is 2.43 bits per heavy atom. The first-order valence-corrected chi connectivity index (χ1v) is 4.31. The summed E-state index contributed by atoms with van der Waals surface area (Å²) in [6.07, 6.45) is 2.25. The van der Waals surface area contributed by atoms with Crippen molar-refractivity contribution >= 4 is 17.4 Å². The van der Waals surface area contributed by atoms with Gasteiger partial charge in [0.25, 0.3) is 0 Å². The molecule has 1 heterocycles. The van der Waals surface area contributed by atoms with Crippen LogP contribution in [-0.2, 0) is 4.79 Å². The summed E-state index contributed by atoms with van der Waals surface area (Å²) in [6, 6.07) is 5.23. The van der Waals surface area contributed by atoms with Crippen molar-refractivity contribution in [2.45, 2.75) is 6.04 Å². The van der Waals surface area contributed by atoms with E-state index in [0.29, 0.717) is 5.58 Å². The highest BCUT2D eigenvalue weighted by Gasteiger charge is 2.08. The molecule has 0 radical (unpaired) electrons. The average molecular weight is 190 g/mol. The minimum Gasteiger partial charge on any atom is -0.443 e. The number of fused-ring (bicyclic) bond motifs is 1. The van der Waals surface area contributed by atoms with Crippen molar-refractivity contribution in [1.82, 2.24) is 10.3 Å². The summed E-state index contributed by atoms with van der Waals surface area (Å²) in [6.45, 7) is 0. The van der Waals surface area contributed by atoms with Gasteiger partial charge in [0, 0.05) is 0 Å². The molecule has 1 N–H and O–H groups in total. The van der Waals surface area contributed by atoms with E-state index in [0.717, 1.165) is 17.4 Å². The summed E-state index contributed by atoms with van der Waals surface area (Å²) in [7, 11) is 1.74. The second kappa shape index (κ2) is 3.59. The zero-order valence-electron chi connectivity index (χ0n) is 7.73. The molecule has 4 heteroatoms. The van der Waals surface area contributed by atoms with Gasteiger partial charge in [-0.2, -0.15) is 0 Å². The lowest BCUT2D eigenvalue weighted by Crippen LogP contribution is -2.17. The topological polar surface area (TPSA) is 55.1 Å². The Kier molecular flexibility index (Phi) is 2.28. The molecule has 1 aromatic heterocycles. The first kappa shape index (κ1) is 8.90. The Labute approximate surface area is 80.9 Å². The fourth-order valence-corrected chi connectivity index (χ4v) is 1.38. The van der Waals surface area contributed by atoms with Crippen LogP contribution in [0.5, 0.6) is 0 Å². The number of aldehydes is 1. The molecule has 0 spiro atoms. The fourth-order valence-electron chi connectivity index (χ4n) is 1.38. The Hall–Kier alpha value is -1.68. The Balaban J connectivity index is 2.47. The second-order valence-electron chi connectivity index (χ2n) is 2.98. The maximum Gasteiger partial charge on any atom is 0.181 e. The highest BCUT2D eigenvalue weighted by atomic mass is 16.3. The molecular formula is C10H10N2O2. The van der Waals surface area contributed by atoms with Crippen LogP contribution in [0.25, 0.3) is 11.1 Å². The Morgan fingerprint density at radius 1 is 1.57 bits per heavy atom. The lowest BCUT2D eigenvalue weighted by molar-refractivity contribution is -0.109. The monoisotopic (exact) mass is 190 g/mol. The van der Waals surface area contributed by atoms with Gasteiger partial charge in [0.1, 0.15) is 11.8 Å². The van der Waals surface area contributed by atoms with E-state index in [4.69, 9.17) is 4.42 Å². The van der Waals surface area contributed by atoms with Gasteiger partial charge in [0.15, 0.2) is 12.0 Å². The van der Waals surface area contributed by atoms with E-state index in [2.05, 4.69) is 10.3 Å². The molecule has 0 aliphatic heterocycles. The molecule has 0 saturated heterocycles. The van der Waals surface area contributed by atoms with Crippen molar-refractivity contribution in [1.29, 1.82) is 0 Å². The third kappa shape index (κ3) is 1.40. The van der Waals surface area contributed by atoms with Gasteiger partial charge in [-0.05, 0) is 24.7 Å². The molecule has 1 atom stereocenters. The summed E-state index contributed by atoms with van der Waals surface area (Å²) >= 11 is 0.